The van der Waals surface area contributed by atoms with E-state index >= 15 is 0 Å². The zero-order valence-corrected chi connectivity index (χ0v) is 11.0. The van der Waals surface area contributed by atoms with Gasteiger partial charge in [0.25, 0.3) is 10.0 Å². The third-order valence-electron chi connectivity index (χ3n) is 1.96. The van der Waals surface area contributed by atoms with Crippen molar-refractivity contribution >= 4 is 21.8 Å². The molecular formula is C11H16N2O4S. The maximum Gasteiger partial charge on any atom is 0.421 e. The standard InChI is InChI=1S/C11H16N2O4S/c1-8(2)7-17-11(14)13-18(15,16)10-5-3-9(12)4-6-10/h3-6,8H,7,12H2,1-2H3,(H,13,14). The molecule has 0 spiro atoms. The monoisotopic (exact) mass is 272 g/mol. The number of anilines is 1. The first-order chi connectivity index (χ1) is 8.31. The van der Waals surface area contributed by atoms with E-state index in [1.54, 1.807) is 0 Å². The summed E-state index contributed by atoms with van der Waals surface area (Å²) in [7, 11) is -3.90. The van der Waals surface area contributed by atoms with E-state index < -0.39 is 16.1 Å². The van der Waals surface area contributed by atoms with E-state index in [2.05, 4.69) is 0 Å². The third kappa shape index (κ3) is 4.25. The summed E-state index contributed by atoms with van der Waals surface area (Å²) in [6.07, 6.45) is -0.986. The molecule has 18 heavy (non-hydrogen) atoms. The van der Waals surface area contributed by atoms with Crippen LogP contribution in [0.4, 0.5) is 10.5 Å². The van der Waals surface area contributed by atoms with Crippen molar-refractivity contribution in [2.45, 2.75) is 18.7 Å². The number of ether oxygens (including phenoxy) is 1. The van der Waals surface area contributed by atoms with E-state index in [1.807, 2.05) is 18.6 Å². The molecule has 1 aromatic rings. The Morgan fingerprint density at radius 2 is 1.89 bits per heavy atom. The van der Waals surface area contributed by atoms with Crippen LogP contribution in [0.3, 0.4) is 0 Å². The Morgan fingerprint density at radius 1 is 1.33 bits per heavy atom. The van der Waals surface area contributed by atoms with Crippen LogP contribution in [0.15, 0.2) is 29.2 Å². The Labute approximate surface area is 106 Å². The van der Waals surface area contributed by atoms with Crippen LogP contribution in [0, 0.1) is 5.92 Å². The van der Waals surface area contributed by atoms with Gasteiger partial charge in [0.15, 0.2) is 0 Å². The van der Waals surface area contributed by atoms with Gasteiger partial charge in [-0.05, 0) is 30.2 Å². The second-order valence-electron chi connectivity index (χ2n) is 4.17. The van der Waals surface area contributed by atoms with Crippen molar-refractivity contribution in [3.8, 4) is 0 Å². The number of benzene rings is 1. The molecule has 6 nitrogen and oxygen atoms in total. The first kappa shape index (κ1) is 14.3. The highest BCUT2D eigenvalue weighted by atomic mass is 32.2. The number of carbonyl (C=O) groups excluding carboxylic acids is 1. The third-order valence-corrected chi connectivity index (χ3v) is 3.28. The van der Waals surface area contributed by atoms with Gasteiger partial charge in [0.1, 0.15) is 0 Å². The summed E-state index contributed by atoms with van der Waals surface area (Å²) < 4.78 is 30.0. The number of amides is 1. The van der Waals surface area contributed by atoms with E-state index in [4.69, 9.17) is 10.5 Å². The van der Waals surface area contributed by atoms with Crippen molar-refractivity contribution in [3.63, 3.8) is 0 Å². The van der Waals surface area contributed by atoms with Crippen molar-refractivity contribution in [2.75, 3.05) is 12.3 Å². The van der Waals surface area contributed by atoms with Gasteiger partial charge in [-0.3, -0.25) is 0 Å². The molecule has 100 valence electrons. The second kappa shape index (κ2) is 5.72. The maximum atomic E-state index is 11.7. The van der Waals surface area contributed by atoms with Crippen LogP contribution in [0.5, 0.6) is 0 Å². The van der Waals surface area contributed by atoms with Gasteiger partial charge in [-0.1, -0.05) is 13.8 Å². The number of carbonyl (C=O) groups is 1. The van der Waals surface area contributed by atoms with E-state index in [9.17, 15) is 13.2 Å². The zero-order chi connectivity index (χ0) is 13.8. The van der Waals surface area contributed by atoms with Crippen molar-refractivity contribution in [3.05, 3.63) is 24.3 Å². The van der Waals surface area contributed by atoms with Gasteiger partial charge >= 0.3 is 6.09 Å². The lowest BCUT2D eigenvalue weighted by atomic mass is 10.2. The first-order valence-electron chi connectivity index (χ1n) is 5.36. The van der Waals surface area contributed by atoms with E-state index in [1.165, 1.54) is 24.3 Å². The molecule has 0 aliphatic heterocycles. The summed E-state index contributed by atoms with van der Waals surface area (Å²) in [4.78, 5) is 11.2. The number of nitrogens with two attached hydrogens (primary N) is 1. The number of sulfonamides is 1. The molecule has 1 rings (SSSR count). The van der Waals surface area contributed by atoms with Crippen molar-refractivity contribution in [1.82, 2.24) is 4.72 Å². The highest BCUT2D eigenvalue weighted by Gasteiger charge is 2.18. The Balaban J connectivity index is 2.70. The number of hydrogen-bond donors (Lipinski definition) is 2. The van der Waals surface area contributed by atoms with Gasteiger partial charge < -0.3 is 10.5 Å². The molecule has 0 radical (unpaired) electrons. The molecule has 0 bridgehead atoms. The van der Waals surface area contributed by atoms with E-state index in [0.29, 0.717) is 5.69 Å². The van der Waals surface area contributed by atoms with Crippen LogP contribution in [0.1, 0.15) is 13.8 Å². The normalized spacial score (nSPS) is 11.3. The molecule has 7 heteroatoms. The summed E-state index contributed by atoms with van der Waals surface area (Å²) >= 11 is 0. The first-order valence-corrected chi connectivity index (χ1v) is 6.84. The lowest BCUT2D eigenvalue weighted by Crippen LogP contribution is -2.31. The predicted molar refractivity (Wildman–Crippen MR) is 67.4 cm³/mol. The predicted octanol–water partition coefficient (Wildman–Crippen LogP) is 1.34. The van der Waals surface area contributed by atoms with Crippen LogP contribution >= 0.6 is 0 Å². The minimum Gasteiger partial charge on any atom is -0.449 e. The molecule has 0 saturated heterocycles. The van der Waals surface area contributed by atoms with Gasteiger partial charge in [-0.25, -0.2) is 17.9 Å². The Morgan fingerprint density at radius 3 is 2.39 bits per heavy atom. The molecule has 0 heterocycles. The molecule has 1 amide bonds. The number of nitrogens with one attached hydrogen (secondary N) is 1. The van der Waals surface area contributed by atoms with Gasteiger partial charge in [-0.15, -0.1) is 0 Å². The summed E-state index contributed by atoms with van der Waals surface area (Å²) in [6.45, 7) is 3.85. The fourth-order valence-electron chi connectivity index (χ4n) is 1.09. The van der Waals surface area contributed by atoms with Crippen molar-refractivity contribution in [2.24, 2.45) is 5.92 Å². The molecule has 0 atom stereocenters. The minimum absolute atomic E-state index is 0.0433. The summed E-state index contributed by atoms with van der Waals surface area (Å²) in [5.74, 6) is 0.134. The van der Waals surface area contributed by atoms with E-state index in [-0.39, 0.29) is 17.4 Å². The molecule has 0 aliphatic rings. The van der Waals surface area contributed by atoms with Crippen molar-refractivity contribution < 1.29 is 17.9 Å². The minimum atomic E-state index is -3.90. The number of nitrogen functional groups attached to an aromatic ring is 1. The molecule has 0 unspecified atom stereocenters. The van der Waals surface area contributed by atoms with Crippen LogP contribution in [0.25, 0.3) is 0 Å². The fraction of sp³-hybridized carbons (Fsp3) is 0.364. The van der Waals surface area contributed by atoms with E-state index in [0.717, 1.165) is 0 Å². The zero-order valence-electron chi connectivity index (χ0n) is 10.2. The molecule has 0 aromatic heterocycles. The molecule has 0 aliphatic carbocycles. The molecule has 3 N–H and O–H groups in total. The Hall–Kier alpha value is -1.76. The van der Waals surface area contributed by atoms with Crippen LogP contribution in [-0.2, 0) is 14.8 Å². The fourth-order valence-corrected chi connectivity index (χ4v) is 1.98. The molecule has 0 fully saturated rings. The second-order valence-corrected chi connectivity index (χ2v) is 5.85. The van der Waals surface area contributed by atoms with Crippen molar-refractivity contribution in [1.29, 1.82) is 0 Å². The van der Waals surface area contributed by atoms with Crippen LogP contribution in [0.2, 0.25) is 0 Å². The molecular weight excluding hydrogens is 256 g/mol. The molecule has 1 aromatic carbocycles. The SMILES string of the molecule is CC(C)COC(=O)NS(=O)(=O)c1ccc(N)cc1. The largest absolute Gasteiger partial charge is 0.449 e. The summed E-state index contributed by atoms with van der Waals surface area (Å²) in [5, 5.41) is 0. The quantitative estimate of drug-likeness (QED) is 0.806. The molecule has 0 saturated carbocycles. The average Bonchev–Trinajstić information content (AvgIpc) is 2.26. The lowest BCUT2D eigenvalue weighted by Gasteiger charge is -2.09. The van der Waals surface area contributed by atoms with Crippen LogP contribution < -0.4 is 10.5 Å². The average molecular weight is 272 g/mol. The van der Waals surface area contributed by atoms with Crippen LogP contribution in [-0.4, -0.2) is 21.1 Å². The Kier molecular flexibility index (Phi) is 4.55. The van der Waals surface area contributed by atoms with Gasteiger partial charge in [0.2, 0.25) is 0 Å². The van der Waals surface area contributed by atoms with Gasteiger partial charge in [-0.2, -0.15) is 0 Å². The Bertz CT molecular complexity index is 508. The summed E-state index contributed by atoms with van der Waals surface area (Å²) in [5.41, 5.74) is 5.89. The van der Waals surface area contributed by atoms with Gasteiger partial charge in [0.05, 0.1) is 11.5 Å². The highest BCUT2D eigenvalue weighted by Crippen LogP contribution is 2.11. The number of rotatable bonds is 4. The summed E-state index contributed by atoms with van der Waals surface area (Å²) in [6, 6.07) is 5.50. The topological polar surface area (TPSA) is 98.5 Å². The number of hydrogen-bond acceptors (Lipinski definition) is 5. The lowest BCUT2D eigenvalue weighted by molar-refractivity contribution is 0.139. The maximum absolute atomic E-state index is 11.7. The highest BCUT2D eigenvalue weighted by molar-refractivity contribution is 7.90. The smallest absolute Gasteiger partial charge is 0.421 e. The van der Waals surface area contributed by atoms with Gasteiger partial charge in [0, 0.05) is 5.69 Å².